The number of aromatic nitrogens is 1. The molecular weight excluding hydrogens is 240 g/mol. The average Bonchev–Trinajstić information content (AvgIpc) is 2.47. The van der Waals surface area contributed by atoms with Crippen molar-refractivity contribution in [3.05, 3.63) is 47.7 Å². The largest absolute Gasteiger partial charge is 0.477 e. The number of anilines is 1. The number of hydrogen-bond acceptors (Lipinski definition) is 3. The molecule has 4 nitrogen and oxygen atoms in total. The highest BCUT2D eigenvalue weighted by molar-refractivity contribution is 5.86. The van der Waals surface area contributed by atoms with Crippen LogP contribution in [0.5, 0.6) is 0 Å². The van der Waals surface area contributed by atoms with Gasteiger partial charge in [0.1, 0.15) is 5.69 Å². The van der Waals surface area contributed by atoms with Gasteiger partial charge in [-0.1, -0.05) is 18.2 Å². The van der Waals surface area contributed by atoms with Gasteiger partial charge in [-0.2, -0.15) is 0 Å². The maximum Gasteiger partial charge on any atom is 0.354 e. The van der Waals surface area contributed by atoms with Gasteiger partial charge in [0.05, 0.1) is 5.69 Å². The van der Waals surface area contributed by atoms with Crippen LogP contribution >= 0.6 is 0 Å². The van der Waals surface area contributed by atoms with Gasteiger partial charge in [-0.3, -0.25) is 0 Å². The molecule has 2 aromatic rings. The van der Waals surface area contributed by atoms with Crippen molar-refractivity contribution in [3.63, 3.8) is 0 Å². The van der Waals surface area contributed by atoms with Crippen LogP contribution in [-0.2, 0) is 6.42 Å². The van der Waals surface area contributed by atoms with Crippen LogP contribution in [-0.4, -0.2) is 22.6 Å². The summed E-state index contributed by atoms with van der Waals surface area (Å²) in [5, 5.41) is 12.3. The molecule has 1 aromatic heterocycles. The van der Waals surface area contributed by atoms with E-state index in [0.717, 1.165) is 30.6 Å². The number of benzene rings is 1. The van der Waals surface area contributed by atoms with Gasteiger partial charge in [0, 0.05) is 17.8 Å². The summed E-state index contributed by atoms with van der Waals surface area (Å²) in [5.74, 6) is -1.00. The Bertz CT molecular complexity index is 638. The molecule has 2 N–H and O–H groups in total. The Morgan fingerprint density at radius 2 is 2.16 bits per heavy atom. The zero-order valence-corrected chi connectivity index (χ0v) is 10.4. The van der Waals surface area contributed by atoms with Crippen LogP contribution < -0.4 is 5.32 Å². The number of carboxylic acid groups (broad SMARTS) is 1. The lowest BCUT2D eigenvalue weighted by Crippen LogP contribution is -2.11. The van der Waals surface area contributed by atoms with Gasteiger partial charge in [-0.15, -0.1) is 0 Å². The normalized spacial score (nSPS) is 13.5. The molecule has 3 rings (SSSR count). The first-order chi connectivity index (χ1) is 9.24. The number of aromatic carboxylic acids is 1. The highest BCUT2D eigenvalue weighted by Crippen LogP contribution is 2.27. The molecule has 0 fully saturated rings. The second kappa shape index (κ2) is 4.72. The SMILES string of the molecule is O=C(O)c1cccc(-c2ccc3c(c2)NCCC3)n1. The number of pyridine rings is 1. The molecule has 0 amide bonds. The van der Waals surface area contributed by atoms with Crippen LogP contribution in [0.4, 0.5) is 5.69 Å². The monoisotopic (exact) mass is 254 g/mol. The summed E-state index contributed by atoms with van der Waals surface area (Å²) in [7, 11) is 0. The van der Waals surface area contributed by atoms with E-state index in [2.05, 4.69) is 16.4 Å². The predicted molar refractivity (Wildman–Crippen MR) is 73.4 cm³/mol. The molecule has 0 saturated heterocycles. The van der Waals surface area contributed by atoms with Crippen LogP contribution in [0.15, 0.2) is 36.4 Å². The number of fused-ring (bicyclic) bond motifs is 1. The van der Waals surface area contributed by atoms with Crippen molar-refractivity contribution in [1.29, 1.82) is 0 Å². The molecule has 1 aromatic carbocycles. The fraction of sp³-hybridized carbons (Fsp3) is 0.200. The fourth-order valence-corrected chi connectivity index (χ4v) is 2.33. The fourth-order valence-electron chi connectivity index (χ4n) is 2.33. The lowest BCUT2D eigenvalue weighted by molar-refractivity contribution is 0.0690. The maximum atomic E-state index is 10.9. The average molecular weight is 254 g/mol. The smallest absolute Gasteiger partial charge is 0.354 e. The van der Waals surface area contributed by atoms with E-state index >= 15 is 0 Å². The van der Waals surface area contributed by atoms with Crippen molar-refractivity contribution >= 4 is 11.7 Å². The summed E-state index contributed by atoms with van der Waals surface area (Å²) < 4.78 is 0. The van der Waals surface area contributed by atoms with E-state index in [-0.39, 0.29) is 5.69 Å². The summed E-state index contributed by atoms with van der Waals surface area (Å²) in [4.78, 5) is 15.1. The highest BCUT2D eigenvalue weighted by atomic mass is 16.4. The topological polar surface area (TPSA) is 62.2 Å². The van der Waals surface area contributed by atoms with E-state index in [1.54, 1.807) is 6.07 Å². The Morgan fingerprint density at radius 3 is 3.00 bits per heavy atom. The molecule has 0 bridgehead atoms. The number of nitrogens with zero attached hydrogens (tertiary/aromatic N) is 1. The Labute approximate surface area is 111 Å². The zero-order valence-electron chi connectivity index (χ0n) is 10.4. The van der Waals surface area contributed by atoms with E-state index < -0.39 is 5.97 Å². The summed E-state index contributed by atoms with van der Waals surface area (Å²) in [6.07, 6.45) is 2.24. The minimum absolute atomic E-state index is 0.0724. The standard InChI is InChI=1S/C15H14N2O2/c18-15(19)13-5-1-4-12(17-13)11-7-6-10-3-2-8-16-14(10)9-11/h1,4-7,9,16H,2-3,8H2,(H,18,19). The van der Waals surface area contributed by atoms with Crippen molar-refractivity contribution in [2.75, 3.05) is 11.9 Å². The molecule has 0 aliphatic carbocycles. The lowest BCUT2D eigenvalue weighted by atomic mass is 10.00. The highest BCUT2D eigenvalue weighted by Gasteiger charge is 2.11. The van der Waals surface area contributed by atoms with E-state index in [9.17, 15) is 4.79 Å². The van der Waals surface area contributed by atoms with Crippen molar-refractivity contribution in [2.24, 2.45) is 0 Å². The van der Waals surface area contributed by atoms with Crippen molar-refractivity contribution in [2.45, 2.75) is 12.8 Å². The van der Waals surface area contributed by atoms with Crippen molar-refractivity contribution in [3.8, 4) is 11.3 Å². The van der Waals surface area contributed by atoms with Crippen LogP contribution in [0.1, 0.15) is 22.5 Å². The molecule has 4 heteroatoms. The molecule has 0 radical (unpaired) electrons. The molecule has 0 saturated carbocycles. The third kappa shape index (κ3) is 2.29. The second-order valence-electron chi connectivity index (χ2n) is 4.62. The van der Waals surface area contributed by atoms with Gasteiger partial charge in [-0.25, -0.2) is 9.78 Å². The molecule has 0 spiro atoms. The number of carboxylic acids is 1. The molecule has 0 unspecified atom stereocenters. The first-order valence-corrected chi connectivity index (χ1v) is 6.31. The molecular formula is C15H14N2O2. The number of rotatable bonds is 2. The third-order valence-electron chi connectivity index (χ3n) is 3.31. The van der Waals surface area contributed by atoms with Gasteiger partial charge in [-0.05, 0) is 36.6 Å². The van der Waals surface area contributed by atoms with Crippen LogP contribution in [0, 0.1) is 0 Å². The van der Waals surface area contributed by atoms with Crippen molar-refractivity contribution < 1.29 is 9.90 Å². The third-order valence-corrected chi connectivity index (χ3v) is 3.31. The zero-order chi connectivity index (χ0) is 13.2. The predicted octanol–water partition coefficient (Wildman–Crippen LogP) is 2.80. The van der Waals surface area contributed by atoms with Gasteiger partial charge in [0.2, 0.25) is 0 Å². The summed E-state index contributed by atoms with van der Waals surface area (Å²) in [6, 6.07) is 11.2. The van der Waals surface area contributed by atoms with Gasteiger partial charge >= 0.3 is 5.97 Å². The van der Waals surface area contributed by atoms with Crippen LogP contribution in [0.25, 0.3) is 11.3 Å². The number of aryl methyl sites for hydroxylation is 1. The van der Waals surface area contributed by atoms with E-state index in [1.165, 1.54) is 11.6 Å². The number of hydrogen-bond donors (Lipinski definition) is 2. The quantitative estimate of drug-likeness (QED) is 0.865. The first-order valence-electron chi connectivity index (χ1n) is 6.31. The van der Waals surface area contributed by atoms with E-state index in [4.69, 9.17) is 5.11 Å². The first kappa shape index (κ1) is 11.7. The van der Waals surface area contributed by atoms with Gasteiger partial charge in [0.15, 0.2) is 0 Å². The minimum Gasteiger partial charge on any atom is -0.477 e. The molecule has 96 valence electrons. The Kier molecular flexibility index (Phi) is 2.91. The second-order valence-corrected chi connectivity index (χ2v) is 4.62. The van der Waals surface area contributed by atoms with E-state index in [0.29, 0.717) is 5.69 Å². The molecule has 19 heavy (non-hydrogen) atoms. The molecule has 1 aliphatic heterocycles. The minimum atomic E-state index is -1.00. The molecule has 0 atom stereocenters. The Morgan fingerprint density at radius 1 is 1.26 bits per heavy atom. The number of carbonyl (C=O) groups is 1. The number of nitrogens with one attached hydrogen (secondary N) is 1. The summed E-state index contributed by atoms with van der Waals surface area (Å²) >= 11 is 0. The maximum absolute atomic E-state index is 10.9. The summed E-state index contributed by atoms with van der Waals surface area (Å²) in [5.41, 5.74) is 4.14. The molecule has 1 aliphatic rings. The van der Waals surface area contributed by atoms with Crippen LogP contribution in [0.3, 0.4) is 0 Å². The summed E-state index contributed by atoms with van der Waals surface area (Å²) in [6.45, 7) is 0.985. The Balaban J connectivity index is 2.02. The lowest BCUT2D eigenvalue weighted by Gasteiger charge is -2.18. The van der Waals surface area contributed by atoms with Crippen molar-refractivity contribution in [1.82, 2.24) is 4.98 Å². The Hall–Kier alpha value is -2.36. The molecule has 2 heterocycles. The van der Waals surface area contributed by atoms with Gasteiger partial charge in [0.25, 0.3) is 0 Å². The van der Waals surface area contributed by atoms with Gasteiger partial charge < -0.3 is 10.4 Å². The van der Waals surface area contributed by atoms with Crippen LogP contribution in [0.2, 0.25) is 0 Å². The van der Waals surface area contributed by atoms with E-state index in [1.807, 2.05) is 18.2 Å².